The largest absolute Gasteiger partial charge is 0.463 e. The second kappa shape index (κ2) is 8.62. The molecule has 0 fully saturated rings. The average Bonchev–Trinajstić information content (AvgIpc) is 2.52. The number of nitro groups is 1. The van der Waals surface area contributed by atoms with Crippen LogP contribution in [-0.4, -0.2) is 35.1 Å². The molecule has 1 aromatic heterocycles. The van der Waals surface area contributed by atoms with Gasteiger partial charge in [-0.3, -0.25) is 10.1 Å². The van der Waals surface area contributed by atoms with Crippen LogP contribution < -0.4 is 0 Å². The van der Waals surface area contributed by atoms with Crippen molar-refractivity contribution in [3.63, 3.8) is 0 Å². The Morgan fingerprint density at radius 3 is 2.43 bits per heavy atom. The Morgan fingerprint density at radius 1 is 1.26 bits per heavy atom. The number of hydrogen-bond acceptors (Lipinski definition) is 7. The number of carbonyl (C=O) groups is 2. The molecule has 124 valence electrons. The fraction of sp³-hybridized carbons (Fsp3) is 0.400. The van der Waals surface area contributed by atoms with Crippen LogP contribution in [0.25, 0.3) is 6.08 Å². The van der Waals surface area contributed by atoms with Gasteiger partial charge in [0.1, 0.15) is 5.69 Å². The zero-order chi connectivity index (χ0) is 17.4. The molecule has 0 aromatic carbocycles. The van der Waals surface area contributed by atoms with Crippen LogP contribution in [0.15, 0.2) is 17.8 Å². The van der Waals surface area contributed by atoms with Crippen molar-refractivity contribution in [1.29, 1.82) is 0 Å². The van der Waals surface area contributed by atoms with Gasteiger partial charge in [-0.2, -0.15) is 0 Å². The molecular formula is C15H18N2O6. The predicted molar refractivity (Wildman–Crippen MR) is 81.7 cm³/mol. The summed E-state index contributed by atoms with van der Waals surface area (Å²) >= 11 is 0. The zero-order valence-electron chi connectivity index (χ0n) is 13.2. The standard InChI is InChI=1S/C15H18N2O6/c1-4-10(14(18)22-5-2)7-12-13(17(20)21)8-11(9-16-12)15(19)23-6-3/h7-9H,4-6H2,1-3H3/b10-7+. The SMILES string of the molecule is CCOC(=O)/C(=C/c1ncc(C(=O)OCC)cc1[N+](=O)[O-])CC. The smallest absolute Gasteiger partial charge is 0.339 e. The number of rotatable bonds is 7. The van der Waals surface area contributed by atoms with E-state index in [9.17, 15) is 19.7 Å². The van der Waals surface area contributed by atoms with E-state index in [1.807, 2.05) is 0 Å². The summed E-state index contributed by atoms with van der Waals surface area (Å²) in [5.41, 5.74) is -0.171. The van der Waals surface area contributed by atoms with Crippen LogP contribution in [0.3, 0.4) is 0 Å². The van der Waals surface area contributed by atoms with Crippen LogP contribution in [0.4, 0.5) is 5.69 Å². The molecule has 0 unspecified atom stereocenters. The molecule has 1 rings (SSSR count). The first-order valence-electron chi connectivity index (χ1n) is 7.13. The molecule has 0 radical (unpaired) electrons. The van der Waals surface area contributed by atoms with Crippen molar-refractivity contribution in [3.05, 3.63) is 39.2 Å². The van der Waals surface area contributed by atoms with E-state index >= 15 is 0 Å². The Kier molecular flexibility index (Phi) is 6.85. The maximum atomic E-state index is 11.8. The molecule has 1 aromatic rings. The summed E-state index contributed by atoms with van der Waals surface area (Å²) in [5, 5.41) is 11.2. The van der Waals surface area contributed by atoms with Gasteiger partial charge in [0.05, 0.1) is 23.7 Å². The van der Waals surface area contributed by atoms with Crippen molar-refractivity contribution in [1.82, 2.24) is 4.98 Å². The van der Waals surface area contributed by atoms with E-state index in [1.54, 1.807) is 20.8 Å². The molecule has 8 heteroatoms. The summed E-state index contributed by atoms with van der Waals surface area (Å²) in [5.74, 6) is -1.25. The molecule has 23 heavy (non-hydrogen) atoms. The molecule has 1 heterocycles. The maximum Gasteiger partial charge on any atom is 0.339 e. The Labute approximate surface area is 133 Å². The lowest BCUT2D eigenvalue weighted by Crippen LogP contribution is -2.09. The topological polar surface area (TPSA) is 109 Å². The van der Waals surface area contributed by atoms with Crippen LogP contribution in [0.1, 0.15) is 43.2 Å². The first-order valence-corrected chi connectivity index (χ1v) is 7.13. The van der Waals surface area contributed by atoms with Crippen molar-refractivity contribution < 1.29 is 24.0 Å². The van der Waals surface area contributed by atoms with Gasteiger partial charge in [0.25, 0.3) is 5.69 Å². The number of ether oxygens (including phenoxy) is 2. The molecule has 0 bridgehead atoms. The highest BCUT2D eigenvalue weighted by molar-refractivity contribution is 5.94. The van der Waals surface area contributed by atoms with Gasteiger partial charge in [0, 0.05) is 17.8 Å². The summed E-state index contributed by atoms with van der Waals surface area (Å²) in [6.45, 7) is 5.37. The lowest BCUT2D eigenvalue weighted by atomic mass is 10.1. The fourth-order valence-corrected chi connectivity index (χ4v) is 1.74. The molecule has 0 aliphatic heterocycles. The zero-order valence-corrected chi connectivity index (χ0v) is 13.2. The monoisotopic (exact) mass is 322 g/mol. The van der Waals surface area contributed by atoms with Gasteiger partial charge in [-0.05, 0) is 26.3 Å². The molecule has 0 atom stereocenters. The van der Waals surface area contributed by atoms with E-state index in [0.717, 1.165) is 6.07 Å². The van der Waals surface area contributed by atoms with Gasteiger partial charge in [-0.25, -0.2) is 14.6 Å². The number of esters is 2. The second-order valence-electron chi connectivity index (χ2n) is 4.35. The van der Waals surface area contributed by atoms with E-state index in [0.29, 0.717) is 6.42 Å². The van der Waals surface area contributed by atoms with Crippen molar-refractivity contribution in [3.8, 4) is 0 Å². The molecule has 0 N–H and O–H groups in total. The fourth-order valence-electron chi connectivity index (χ4n) is 1.74. The molecule has 0 saturated heterocycles. The van der Waals surface area contributed by atoms with E-state index < -0.39 is 16.9 Å². The van der Waals surface area contributed by atoms with Crippen molar-refractivity contribution in [2.24, 2.45) is 0 Å². The lowest BCUT2D eigenvalue weighted by molar-refractivity contribution is -0.385. The number of pyridine rings is 1. The molecule has 0 saturated carbocycles. The van der Waals surface area contributed by atoms with Gasteiger partial charge in [0.2, 0.25) is 0 Å². The highest BCUT2D eigenvalue weighted by atomic mass is 16.6. The normalized spacial score (nSPS) is 11.0. The van der Waals surface area contributed by atoms with Crippen LogP contribution in [0.5, 0.6) is 0 Å². The third-order valence-corrected chi connectivity index (χ3v) is 2.83. The number of hydrogen-bond donors (Lipinski definition) is 0. The summed E-state index contributed by atoms with van der Waals surface area (Å²) in [6.07, 6.45) is 2.80. The van der Waals surface area contributed by atoms with E-state index in [2.05, 4.69) is 4.98 Å². The quantitative estimate of drug-likeness (QED) is 0.328. The molecule has 0 spiro atoms. The van der Waals surface area contributed by atoms with Gasteiger partial charge in [-0.15, -0.1) is 0 Å². The first-order chi connectivity index (χ1) is 10.9. The predicted octanol–water partition coefficient (Wildman–Crippen LogP) is 2.52. The minimum atomic E-state index is -0.695. The molecule has 0 aliphatic carbocycles. The summed E-state index contributed by atoms with van der Waals surface area (Å²) in [6, 6.07) is 1.08. The third kappa shape index (κ3) is 4.87. The maximum absolute atomic E-state index is 11.8. The highest BCUT2D eigenvalue weighted by Crippen LogP contribution is 2.22. The van der Waals surface area contributed by atoms with E-state index in [-0.39, 0.29) is 35.7 Å². The van der Waals surface area contributed by atoms with Crippen molar-refractivity contribution in [2.45, 2.75) is 27.2 Å². The van der Waals surface area contributed by atoms with Gasteiger partial charge in [-0.1, -0.05) is 6.92 Å². The minimum Gasteiger partial charge on any atom is -0.463 e. The third-order valence-electron chi connectivity index (χ3n) is 2.83. The van der Waals surface area contributed by atoms with Crippen molar-refractivity contribution >= 4 is 23.7 Å². The Bertz CT molecular complexity index is 639. The minimum absolute atomic E-state index is 0.0204. The van der Waals surface area contributed by atoms with Crippen LogP contribution >= 0.6 is 0 Å². The Morgan fingerprint density at radius 2 is 1.91 bits per heavy atom. The second-order valence-corrected chi connectivity index (χ2v) is 4.35. The average molecular weight is 322 g/mol. The lowest BCUT2D eigenvalue weighted by Gasteiger charge is -2.06. The van der Waals surface area contributed by atoms with E-state index in [4.69, 9.17) is 9.47 Å². The Hall–Kier alpha value is -2.77. The summed E-state index contributed by atoms with van der Waals surface area (Å²) in [4.78, 5) is 37.8. The Balaban J connectivity index is 3.28. The molecule has 0 aliphatic rings. The number of nitrogens with zero attached hydrogens (tertiary/aromatic N) is 2. The van der Waals surface area contributed by atoms with Crippen LogP contribution in [0, 0.1) is 10.1 Å². The summed E-state index contributed by atoms with van der Waals surface area (Å²) < 4.78 is 9.67. The van der Waals surface area contributed by atoms with Crippen LogP contribution in [0.2, 0.25) is 0 Å². The highest BCUT2D eigenvalue weighted by Gasteiger charge is 2.20. The van der Waals surface area contributed by atoms with Crippen LogP contribution in [-0.2, 0) is 14.3 Å². The number of aromatic nitrogens is 1. The molecule has 8 nitrogen and oxygen atoms in total. The van der Waals surface area contributed by atoms with Gasteiger partial charge >= 0.3 is 11.9 Å². The number of carbonyl (C=O) groups excluding carboxylic acids is 2. The van der Waals surface area contributed by atoms with Crippen molar-refractivity contribution in [2.75, 3.05) is 13.2 Å². The van der Waals surface area contributed by atoms with E-state index in [1.165, 1.54) is 12.3 Å². The summed E-state index contributed by atoms with van der Waals surface area (Å²) in [7, 11) is 0. The molecule has 0 amide bonds. The van der Waals surface area contributed by atoms with Gasteiger partial charge < -0.3 is 9.47 Å². The molecular weight excluding hydrogens is 304 g/mol. The van der Waals surface area contributed by atoms with Gasteiger partial charge in [0.15, 0.2) is 0 Å². The first kappa shape index (κ1) is 18.3.